The summed E-state index contributed by atoms with van der Waals surface area (Å²) in [6, 6.07) is 3.55. The molecular weight excluding hydrogens is 357 g/mol. The second-order valence-corrected chi connectivity index (χ2v) is 7.16. The Morgan fingerprint density at radius 3 is 2.41 bits per heavy atom. The molecule has 1 saturated carbocycles. The number of rotatable bonds is 5. The van der Waals surface area contributed by atoms with Gasteiger partial charge in [-0.05, 0) is 37.3 Å². The van der Waals surface area contributed by atoms with Gasteiger partial charge in [0.25, 0.3) is 0 Å². The van der Waals surface area contributed by atoms with Gasteiger partial charge < -0.3 is 4.90 Å². The quantitative estimate of drug-likeness (QED) is 0.797. The Balaban J connectivity index is 1.44. The minimum absolute atomic E-state index is 0.209. The second-order valence-electron chi connectivity index (χ2n) is 7.16. The zero-order chi connectivity index (χ0) is 18.9. The van der Waals surface area contributed by atoms with Crippen molar-refractivity contribution in [2.24, 2.45) is 0 Å². The Hall–Kier alpha value is -2.29. The van der Waals surface area contributed by atoms with E-state index in [-0.39, 0.29) is 6.04 Å². The molecule has 0 spiro atoms. The SMILES string of the molecule is FC(F)(F)c1cc(N(C2CC2)C2CCN(Cc3ccnnc3)CC2)ncn1. The Kier molecular flexibility index (Phi) is 4.94. The summed E-state index contributed by atoms with van der Waals surface area (Å²) in [5.74, 6) is 0.400. The molecule has 2 aromatic heterocycles. The van der Waals surface area contributed by atoms with Crippen LogP contribution in [-0.4, -0.2) is 50.2 Å². The van der Waals surface area contributed by atoms with Gasteiger partial charge in [-0.15, -0.1) is 0 Å². The third kappa shape index (κ3) is 4.35. The predicted molar refractivity (Wildman–Crippen MR) is 92.9 cm³/mol. The fourth-order valence-corrected chi connectivity index (χ4v) is 3.69. The van der Waals surface area contributed by atoms with Crippen LogP contribution in [0.15, 0.2) is 30.9 Å². The van der Waals surface area contributed by atoms with E-state index in [0.29, 0.717) is 11.9 Å². The highest BCUT2D eigenvalue weighted by atomic mass is 19.4. The molecule has 4 rings (SSSR count). The average Bonchev–Trinajstić information content (AvgIpc) is 3.49. The van der Waals surface area contributed by atoms with Crippen LogP contribution in [0.4, 0.5) is 19.0 Å². The van der Waals surface area contributed by atoms with Crippen LogP contribution in [0.25, 0.3) is 0 Å². The first-order chi connectivity index (χ1) is 13.0. The van der Waals surface area contributed by atoms with Crippen molar-refractivity contribution in [2.45, 2.75) is 50.5 Å². The Bertz CT molecular complexity index is 757. The summed E-state index contributed by atoms with van der Waals surface area (Å²) in [5.41, 5.74) is 0.244. The molecule has 0 unspecified atom stereocenters. The van der Waals surface area contributed by atoms with Crippen molar-refractivity contribution in [1.82, 2.24) is 25.1 Å². The van der Waals surface area contributed by atoms with Gasteiger partial charge in [-0.1, -0.05) is 0 Å². The number of alkyl halides is 3. The lowest BCUT2D eigenvalue weighted by atomic mass is 10.0. The van der Waals surface area contributed by atoms with Crippen molar-refractivity contribution >= 4 is 5.82 Å². The van der Waals surface area contributed by atoms with E-state index in [9.17, 15) is 13.2 Å². The van der Waals surface area contributed by atoms with E-state index in [1.807, 2.05) is 6.07 Å². The number of likely N-dealkylation sites (tertiary alicyclic amines) is 1. The number of piperidine rings is 1. The van der Waals surface area contributed by atoms with Crippen LogP contribution in [-0.2, 0) is 12.7 Å². The number of hydrogen-bond donors (Lipinski definition) is 0. The predicted octanol–water partition coefficient (Wildman–Crippen LogP) is 2.92. The van der Waals surface area contributed by atoms with E-state index in [4.69, 9.17) is 0 Å². The Morgan fingerprint density at radius 1 is 1.04 bits per heavy atom. The lowest BCUT2D eigenvalue weighted by Gasteiger charge is -2.39. The van der Waals surface area contributed by atoms with Gasteiger partial charge in [0.2, 0.25) is 0 Å². The summed E-state index contributed by atoms with van der Waals surface area (Å²) in [6.07, 6.45) is 3.85. The van der Waals surface area contributed by atoms with Gasteiger partial charge in [0, 0.05) is 44.0 Å². The molecule has 1 saturated heterocycles. The minimum Gasteiger partial charge on any atom is -0.350 e. The van der Waals surface area contributed by atoms with Crippen LogP contribution in [0.5, 0.6) is 0 Å². The molecule has 2 aliphatic rings. The van der Waals surface area contributed by atoms with Crippen LogP contribution in [0.1, 0.15) is 36.9 Å². The monoisotopic (exact) mass is 378 g/mol. The molecule has 0 bridgehead atoms. The molecule has 0 amide bonds. The van der Waals surface area contributed by atoms with Crippen LogP contribution < -0.4 is 4.90 Å². The summed E-state index contributed by atoms with van der Waals surface area (Å²) in [7, 11) is 0. The summed E-state index contributed by atoms with van der Waals surface area (Å²) >= 11 is 0. The molecule has 0 aromatic carbocycles. The normalized spacial score (nSPS) is 19.2. The van der Waals surface area contributed by atoms with Crippen molar-refractivity contribution in [3.05, 3.63) is 42.1 Å². The van der Waals surface area contributed by atoms with E-state index >= 15 is 0 Å². The molecule has 3 heterocycles. The molecule has 144 valence electrons. The van der Waals surface area contributed by atoms with Gasteiger partial charge in [-0.25, -0.2) is 9.97 Å². The zero-order valence-electron chi connectivity index (χ0n) is 14.8. The highest BCUT2D eigenvalue weighted by molar-refractivity contribution is 5.44. The van der Waals surface area contributed by atoms with E-state index in [1.54, 1.807) is 12.4 Å². The first-order valence-corrected chi connectivity index (χ1v) is 9.16. The van der Waals surface area contributed by atoms with Gasteiger partial charge in [0.1, 0.15) is 17.8 Å². The molecule has 0 radical (unpaired) electrons. The summed E-state index contributed by atoms with van der Waals surface area (Å²) < 4.78 is 39.1. The number of aromatic nitrogens is 4. The van der Waals surface area contributed by atoms with Crippen LogP contribution in [0.3, 0.4) is 0 Å². The van der Waals surface area contributed by atoms with Crippen molar-refractivity contribution < 1.29 is 13.2 Å². The molecule has 2 aromatic rings. The van der Waals surface area contributed by atoms with Crippen molar-refractivity contribution in [3.63, 3.8) is 0 Å². The third-order valence-electron chi connectivity index (χ3n) is 5.15. The third-order valence-corrected chi connectivity index (χ3v) is 5.15. The Labute approximate surface area is 155 Å². The first-order valence-electron chi connectivity index (χ1n) is 9.16. The number of anilines is 1. The lowest BCUT2D eigenvalue weighted by Crippen LogP contribution is -2.46. The standard InChI is InChI=1S/C18H21F3N6/c19-18(20,21)16-9-17(23-12-22-16)27(14-1-2-14)15-4-7-26(8-5-15)11-13-3-6-24-25-10-13/h3,6,9-10,12,14-15H,1-2,4-5,7-8,11H2. The molecular formula is C18H21F3N6. The van der Waals surface area contributed by atoms with E-state index in [1.165, 1.54) is 0 Å². The van der Waals surface area contributed by atoms with Crippen molar-refractivity contribution in [3.8, 4) is 0 Å². The van der Waals surface area contributed by atoms with E-state index in [0.717, 1.165) is 63.3 Å². The maximum atomic E-state index is 13.0. The first kappa shape index (κ1) is 18.1. The zero-order valence-corrected chi connectivity index (χ0v) is 14.8. The van der Waals surface area contributed by atoms with Crippen LogP contribution in [0, 0.1) is 0 Å². The molecule has 0 atom stereocenters. The maximum Gasteiger partial charge on any atom is 0.433 e. The van der Waals surface area contributed by atoms with Crippen molar-refractivity contribution in [2.75, 3.05) is 18.0 Å². The van der Waals surface area contributed by atoms with Crippen LogP contribution in [0.2, 0.25) is 0 Å². The summed E-state index contributed by atoms with van der Waals surface area (Å²) in [5, 5.41) is 7.69. The maximum absolute atomic E-state index is 13.0. The van der Waals surface area contributed by atoms with Gasteiger partial charge in [-0.2, -0.15) is 23.4 Å². The number of nitrogens with zero attached hydrogens (tertiary/aromatic N) is 6. The van der Waals surface area contributed by atoms with Gasteiger partial charge in [-0.3, -0.25) is 4.90 Å². The summed E-state index contributed by atoms with van der Waals surface area (Å²) in [6.45, 7) is 2.61. The highest BCUT2D eigenvalue weighted by Crippen LogP contribution is 2.37. The molecule has 27 heavy (non-hydrogen) atoms. The molecule has 9 heteroatoms. The molecule has 2 fully saturated rings. The van der Waals surface area contributed by atoms with Crippen LogP contribution >= 0.6 is 0 Å². The molecule has 1 aliphatic carbocycles. The smallest absolute Gasteiger partial charge is 0.350 e. The van der Waals surface area contributed by atoms with E-state index in [2.05, 4.69) is 30.0 Å². The average molecular weight is 378 g/mol. The minimum atomic E-state index is -4.45. The topological polar surface area (TPSA) is 58.0 Å². The number of halogens is 3. The fourth-order valence-electron chi connectivity index (χ4n) is 3.69. The molecule has 0 N–H and O–H groups in total. The molecule has 6 nitrogen and oxygen atoms in total. The Morgan fingerprint density at radius 2 is 1.78 bits per heavy atom. The largest absolute Gasteiger partial charge is 0.433 e. The van der Waals surface area contributed by atoms with Gasteiger partial charge >= 0.3 is 6.18 Å². The van der Waals surface area contributed by atoms with Gasteiger partial charge in [0.05, 0.1) is 6.20 Å². The second kappa shape index (κ2) is 7.38. The van der Waals surface area contributed by atoms with Crippen molar-refractivity contribution in [1.29, 1.82) is 0 Å². The molecule has 1 aliphatic heterocycles. The van der Waals surface area contributed by atoms with E-state index < -0.39 is 11.9 Å². The fraction of sp³-hybridized carbons (Fsp3) is 0.556. The highest BCUT2D eigenvalue weighted by Gasteiger charge is 2.38. The number of hydrogen-bond acceptors (Lipinski definition) is 6. The lowest BCUT2D eigenvalue weighted by molar-refractivity contribution is -0.141. The summed E-state index contributed by atoms with van der Waals surface area (Å²) in [4.78, 5) is 12.0. The van der Waals surface area contributed by atoms with Gasteiger partial charge in [0.15, 0.2) is 0 Å².